The number of nitrogens with zero attached hydrogens (tertiary/aromatic N) is 1. The number of anilines is 1. The van der Waals surface area contributed by atoms with E-state index in [9.17, 15) is 13.2 Å². The Labute approximate surface area is 192 Å². The molecule has 9 heteroatoms. The van der Waals surface area contributed by atoms with E-state index in [-0.39, 0.29) is 32.7 Å². The second-order valence-corrected chi connectivity index (χ2v) is 8.94. The van der Waals surface area contributed by atoms with Crippen molar-refractivity contribution in [3.05, 3.63) is 76.8 Å². The minimum absolute atomic E-state index is 0.0364. The number of hydrogen-bond acceptors (Lipinski definition) is 6. The first kappa shape index (κ1) is 23.4. The zero-order chi connectivity index (χ0) is 23.5. The maximum absolute atomic E-state index is 13.8. The first-order valence-corrected chi connectivity index (χ1v) is 11.3. The van der Waals surface area contributed by atoms with Crippen LogP contribution < -0.4 is 18.5 Å². The fraction of sp³-hybridized carbons (Fsp3) is 0.174. The first-order chi connectivity index (χ1) is 15.2. The molecule has 1 amide bonds. The number of hydrogen-bond donors (Lipinski definition) is 0. The summed E-state index contributed by atoms with van der Waals surface area (Å²) in [5.41, 5.74) is 0.871. The van der Waals surface area contributed by atoms with Gasteiger partial charge in [-0.25, -0.2) is 8.42 Å². The van der Waals surface area contributed by atoms with Gasteiger partial charge in [0.25, 0.3) is 15.9 Å². The van der Waals surface area contributed by atoms with Gasteiger partial charge < -0.3 is 14.2 Å². The molecule has 0 aliphatic heterocycles. The molecule has 0 aliphatic carbocycles. The molecule has 3 rings (SSSR count). The maximum atomic E-state index is 13.8. The standard InChI is InChI=1S/C23H22ClNO6S/c1-15-8-11-17(12-9-15)32(27,28)25(16-10-13-19(29-2)18(24)14-16)23(26)22-20(30-3)6-5-7-21(22)31-4/h5-14H,1-4H3. The average molecular weight is 476 g/mol. The van der Waals surface area contributed by atoms with Crippen molar-refractivity contribution in [1.29, 1.82) is 0 Å². The van der Waals surface area contributed by atoms with Crippen LogP contribution in [0.1, 0.15) is 15.9 Å². The Morgan fingerprint density at radius 3 is 1.91 bits per heavy atom. The molecule has 0 saturated carbocycles. The van der Waals surface area contributed by atoms with E-state index >= 15 is 0 Å². The topological polar surface area (TPSA) is 82.1 Å². The van der Waals surface area contributed by atoms with E-state index in [4.69, 9.17) is 25.8 Å². The highest BCUT2D eigenvalue weighted by Crippen LogP contribution is 2.36. The number of carbonyl (C=O) groups is 1. The number of rotatable bonds is 7. The molecule has 168 valence electrons. The summed E-state index contributed by atoms with van der Waals surface area (Å²) in [5, 5.41) is 0.147. The predicted octanol–water partition coefficient (Wildman–Crippen LogP) is 4.71. The van der Waals surface area contributed by atoms with Gasteiger partial charge in [-0.05, 0) is 49.4 Å². The Morgan fingerprint density at radius 1 is 0.844 bits per heavy atom. The molecule has 0 aromatic heterocycles. The molecule has 0 N–H and O–H groups in total. The summed E-state index contributed by atoms with van der Waals surface area (Å²) in [7, 11) is -0.127. The molecule has 0 atom stereocenters. The lowest BCUT2D eigenvalue weighted by Crippen LogP contribution is -2.37. The Hall–Kier alpha value is -3.23. The molecule has 0 spiro atoms. The summed E-state index contributed by atoms with van der Waals surface area (Å²) in [6, 6.07) is 15.2. The molecular weight excluding hydrogens is 454 g/mol. The van der Waals surface area contributed by atoms with E-state index in [0.29, 0.717) is 10.1 Å². The molecule has 0 aliphatic rings. The molecule has 3 aromatic carbocycles. The largest absolute Gasteiger partial charge is 0.496 e. The number of ether oxygens (including phenoxy) is 3. The predicted molar refractivity (Wildman–Crippen MR) is 123 cm³/mol. The van der Waals surface area contributed by atoms with Crippen LogP contribution >= 0.6 is 11.6 Å². The second kappa shape index (κ2) is 9.50. The number of amides is 1. The van der Waals surface area contributed by atoms with Gasteiger partial charge >= 0.3 is 0 Å². The van der Waals surface area contributed by atoms with Crippen LogP contribution in [0.15, 0.2) is 65.6 Å². The van der Waals surface area contributed by atoms with Gasteiger partial charge in [-0.3, -0.25) is 4.79 Å². The SMILES string of the molecule is COc1ccc(N(C(=O)c2c(OC)cccc2OC)S(=O)(=O)c2ccc(C)cc2)cc1Cl. The zero-order valence-electron chi connectivity index (χ0n) is 18.0. The van der Waals surface area contributed by atoms with Crippen LogP contribution in [-0.4, -0.2) is 35.7 Å². The fourth-order valence-electron chi connectivity index (χ4n) is 3.13. The monoisotopic (exact) mass is 475 g/mol. The highest BCUT2D eigenvalue weighted by Gasteiger charge is 2.35. The molecule has 0 saturated heterocycles. The van der Waals surface area contributed by atoms with Gasteiger partial charge in [0.2, 0.25) is 0 Å². The summed E-state index contributed by atoms with van der Waals surface area (Å²) < 4.78 is 43.8. The average Bonchev–Trinajstić information content (AvgIpc) is 2.78. The molecule has 0 heterocycles. The molecule has 0 unspecified atom stereocenters. The molecular formula is C23H22ClNO6S. The number of carbonyl (C=O) groups excluding carboxylic acids is 1. The number of methoxy groups -OCH3 is 3. The summed E-state index contributed by atoms with van der Waals surface area (Å²) >= 11 is 6.25. The van der Waals surface area contributed by atoms with Crippen molar-refractivity contribution in [2.45, 2.75) is 11.8 Å². The van der Waals surface area contributed by atoms with Gasteiger partial charge in [-0.2, -0.15) is 4.31 Å². The van der Waals surface area contributed by atoms with Crippen LogP contribution in [0, 0.1) is 6.92 Å². The number of halogens is 1. The van der Waals surface area contributed by atoms with Crippen LogP contribution in [-0.2, 0) is 10.0 Å². The smallest absolute Gasteiger partial charge is 0.279 e. The third kappa shape index (κ3) is 4.37. The van der Waals surface area contributed by atoms with E-state index < -0.39 is 15.9 Å². The molecule has 3 aromatic rings. The van der Waals surface area contributed by atoms with Crippen molar-refractivity contribution in [3.63, 3.8) is 0 Å². The van der Waals surface area contributed by atoms with Crippen molar-refractivity contribution in [2.24, 2.45) is 0 Å². The van der Waals surface area contributed by atoms with Gasteiger partial charge in [0, 0.05) is 0 Å². The van der Waals surface area contributed by atoms with Crippen LogP contribution in [0.5, 0.6) is 17.2 Å². The Bertz CT molecular complexity index is 1220. The Kier molecular flexibility index (Phi) is 6.96. The van der Waals surface area contributed by atoms with Crippen molar-refractivity contribution >= 4 is 33.2 Å². The first-order valence-electron chi connectivity index (χ1n) is 9.45. The van der Waals surface area contributed by atoms with E-state index in [2.05, 4.69) is 0 Å². The minimum Gasteiger partial charge on any atom is -0.496 e. The van der Waals surface area contributed by atoms with Crippen molar-refractivity contribution in [1.82, 2.24) is 0 Å². The Morgan fingerprint density at radius 2 is 1.41 bits per heavy atom. The normalized spacial score (nSPS) is 11.0. The lowest BCUT2D eigenvalue weighted by atomic mass is 10.1. The summed E-state index contributed by atoms with van der Waals surface area (Å²) in [6.45, 7) is 1.84. The summed E-state index contributed by atoms with van der Waals surface area (Å²) in [6.07, 6.45) is 0. The maximum Gasteiger partial charge on any atom is 0.279 e. The number of sulfonamides is 1. The summed E-state index contributed by atoms with van der Waals surface area (Å²) in [5.74, 6) is -0.192. The van der Waals surface area contributed by atoms with E-state index in [1.807, 2.05) is 6.92 Å². The van der Waals surface area contributed by atoms with E-state index in [1.54, 1.807) is 30.3 Å². The lowest BCUT2D eigenvalue weighted by Gasteiger charge is -2.25. The zero-order valence-corrected chi connectivity index (χ0v) is 19.5. The minimum atomic E-state index is -4.33. The van der Waals surface area contributed by atoms with Crippen LogP contribution in [0.25, 0.3) is 0 Å². The fourth-order valence-corrected chi connectivity index (χ4v) is 4.77. The molecule has 0 fully saturated rings. The van der Waals surface area contributed by atoms with Gasteiger partial charge in [0.1, 0.15) is 22.8 Å². The second-order valence-electron chi connectivity index (χ2n) is 6.74. The highest BCUT2D eigenvalue weighted by atomic mass is 35.5. The van der Waals surface area contributed by atoms with Gasteiger partial charge in [-0.15, -0.1) is 0 Å². The van der Waals surface area contributed by atoms with Crippen LogP contribution in [0.4, 0.5) is 5.69 Å². The molecule has 32 heavy (non-hydrogen) atoms. The van der Waals surface area contributed by atoms with Crippen molar-refractivity contribution in [3.8, 4) is 17.2 Å². The van der Waals surface area contributed by atoms with Crippen molar-refractivity contribution < 1.29 is 27.4 Å². The Balaban J connectivity index is 2.28. The quantitative estimate of drug-likeness (QED) is 0.492. The highest BCUT2D eigenvalue weighted by molar-refractivity contribution is 7.93. The van der Waals surface area contributed by atoms with Crippen molar-refractivity contribution in [2.75, 3.05) is 25.6 Å². The van der Waals surface area contributed by atoms with Gasteiger partial charge in [0.15, 0.2) is 0 Å². The van der Waals surface area contributed by atoms with E-state index in [1.165, 1.54) is 51.7 Å². The molecule has 0 bridgehead atoms. The van der Waals surface area contributed by atoms with Crippen LogP contribution in [0.3, 0.4) is 0 Å². The lowest BCUT2D eigenvalue weighted by molar-refractivity contribution is 0.0999. The summed E-state index contributed by atoms with van der Waals surface area (Å²) in [4.78, 5) is 13.7. The van der Waals surface area contributed by atoms with E-state index in [0.717, 1.165) is 5.56 Å². The molecule has 7 nitrogen and oxygen atoms in total. The van der Waals surface area contributed by atoms with Crippen LogP contribution in [0.2, 0.25) is 5.02 Å². The third-order valence-corrected chi connectivity index (χ3v) is 6.78. The number of benzene rings is 3. The van der Waals surface area contributed by atoms with Gasteiger partial charge in [-0.1, -0.05) is 35.4 Å². The third-order valence-electron chi connectivity index (χ3n) is 4.76. The van der Waals surface area contributed by atoms with Gasteiger partial charge in [0.05, 0.1) is 36.9 Å². The molecule has 0 radical (unpaired) electrons. The number of aryl methyl sites for hydroxylation is 1.